The normalized spacial score (nSPS) is 20.4. The number of nitrogens with zero attached hydrogens (tertiary/aromatic N) is 2. The fourth-order valence-electron chi connectivity index (χ4n) is 3.17. The van der Waals surface area contributed by atoms with Crippen molar-refractivity contribution in [1.29, 1.82) is 0 Å². The summed E-state index contributed by atoms with van der Waals surface area (Å²) in [5, 5.41) is 0. The molecule has 0 spiro atoms. The lowest BCUT2D eigenvalue weighted by molar-refractivity contribution is -0.118. The molecule has 0 atom stereocenters. The minimum atomic E-state index is 0.288. The molecule has 1 saturated heterocycles. The third kappa shape index (κ3) is 2.81. The van der Waals surface area contributed by atoms with Crippen molar-refractivity contribution in [3.63, 3.8) is 0 Å². The predicted octanol–water partition coefficient (Wildman–Crippen LogP) is 2.45. The number of rotatable bonds is 3. The summed E-state index contributed by atoms with van der Waals surface area (Å²) in [5.74, 6) is 0.288. The lowest BCUT2D eigenvalue weighted by Gasteiger charge is -2.33. The predicted molar refractivity (Wildman–Crippen MR) is 77.4 cm³/mol. The highest BCUT2D eigenvalue weighted by molar-refractivity contribution is 5.96. The summed E-state index contributed by atoms with van der Waals surface area (Å²) in [6, 6.07) is 8.33. The highest BCUT2D eigenvalue weighted by Gasteiger charge is 2.24. The van der Waals surface area contributed by atoms with Gasteiger partial charge in [-0.15, -0.1) is 0 Å². The number of anilines is 1. The van der Waals surface area contributed by atoms with Crippen LogP contribution in [0.15, 0.2) is 24.3 Å². The Morgan fingerprint density at radius 1 is 0.947 bits per heavy atom. The molecule has 3 heteroatoms. The summed E-state index contributed by atoms with van der Waals surface area (Å²) in [4.78, 5) is 16.6. The zero-order chi connectivity index (χ0) is 13.1. The average Bonchev–Trinajstić information content (AvgIpc) is 2.47. The van der Waals surface area contributed by atoms with Gasteiger partial charge in [0.25, 0.3) is 0 Å². The van der Waals surface area contributed by atoms with Gasteiger partial charge in [0.05, 0.1) is 0 Å². The molecule has 0 bridgehead atoms. The van der Waals surface area contributed by atoms with Crippen molar-refractivity contribution < 1.29 is 4.79 Å². The molecule has 0 aromatic heterocycles. The van der Waals surface area contributed by atoms with E-state index in [1.54, 1.807) is 0 Å². The van der Waals surface area contributed by atoms with Gasteiger partial charge in [0, 0.05) is 25.2 Å². The van der Waals surface area contributed by atoms with E-state index in [1.165, 1.54) is 37.9 Å². The average molecular weight is 258 g/mol. The molecule has 102 valence electrons. The molecular formula is C16H22N2O. The van der Waals surface area contributed by atoms with Crippen molar-refractivity contribution in [2.75, 3.05) is 31.1 Å². The van der Waals surface area contributed by atoms with Crippen molar-refractivity contribution in [1.82, 2.24) is 4.90 Å². The monoisotopic (exact) mass is 258 g/mol. The Morgan fingerprint density at radius 2 is 1.74 bits per heavy atom. The molecule has 2 heterocycles. The van der Waals surface area contributed by atoms with Crippen LogP contribution in [-0.2, 0) is 11.2 Å². The first-order valence-electron chi connectivity index (χ1n) is 7.45. The molecule has 1 amide bonds. The Bertz CT molecular complexity index is 452. The van der Waals surface area contributed by atoms with E-state index in [-0.39, 0.29) is 5.91 Å². The minimum Gasteiger partial charge on any atom is -0.311 e. The maximum atomic E-state index is 12.1. The first kappa shape index (κ1) is 12.7. The van der Waals surface area contributed by atoms with E-state index >= 15 is 0 Å². The van der Waals surface area contributed by atoms with Crippen molar-refractivity contribution in [2.24, 2.45) is 0 Å². The number of likely N-dealkylation sites (tertiary alicyclic amines) is 1. The summed E-state index contributed by atoms with van der Waals surface area (Å²) in [5.41, 5.74) is 2.46. The number of hydrogen-bond acceptors (Lipinski definition) is 2. The molecule has 0 saturated carbocycles. The van der Waals surface area contributed by atoms with Crippen LogP contribution in [0.25, 0.3) is 0 Å². The third-order valence-corrected chi connectivity index (χ3v) is 4.28. The summed E-state index contributed by atoms with van der Waals surface area (Å²) in [6.07, 6.45) is 5.54. The standard InChI is InChI=1S/C16H22N2O/c19-16-9-8-14-6-2-3-7-15(14)18(16)13-12-17-10-4-1-5-11-17/h2-3,6-7H,1,4-5,8-13H2. The van der Waals surface area contributed by atoms with Gasteiger partial charge in [-0.25, -0.2) is 0 Å². The molecule has 1 fully saturated rings. The van der Waals surface area contributed by atoms with Gasteiger partial charge in [0.15, 0.2) is 0 Å². The maximum Gasteiger partial charge on any atom is 0.227 e. The first-order valence-corrected chi connectivity index (χ1v) is 7.45. The van der Waals surface area contributed by atoms with Crippen molar-refractivity contribution in [3.05, 3.63) is 29.8 Å². The SMILES string of the molecule is O=C1CCc2ccccc2N1CCN1CCCCC1. The van der Waals surface area contributed by atoms with E-state index in [2.05, 4.69) is 23.1 Å². The molecule has 1 aromatic carbocycles. The number of fused-ring (bicyclic) bond motifs is 1. The van der Waals surface area contributed by atoms with Gasteiger partial charge in [-0.3, -0.25) is 4.79 Å². The van der Waals surface area contributed by atoms with Gasteiger partial charge >= 0.3 is 0 Å². The van der Waals surface area contributed by atoms with Gasteiger partial charge in [0.1, 0.15) is 0 Å². The van der Waals surface area contributed by atoms with Gasteiger partial charge in [-0.05, 0) is 44.0 Å². The van der Waals surface area contributed by atoms with Crippen LogP contribution < -0.4 is 4.90 Å². The molecular weight excluding hydrogens is 236 g/mol. The molecule has 19 heavy (non-hydrogen) atoms. The fourth-order valence-corrected chi connectivity index (χ4v) is 3.17. The van der Waals surface area contributed by atoms with E-state index in [4.69, 9.17) is 0 Å². The summed E-state index contributed by atoms with van der Waals surface area (Å²) in [6.45, 7) is 4.25. The molecule has 3 rings (SSSR count). The van der Waals surface area contributed by atoms with Crippen LogP contribution in [0.1, 0.15) is 31.2 Å². The van der Waals surface area contributed by atoms with Crippen LogP contribution in [0.4, 0.5) is 5.69 Å². The zero-order valence-electron chi connectivity index (χ0n) is 11.5. The van der Waals surface area contributed by atoms with E-state index in [0.29, 0.717) is 6.42 Å². The second-order valence-electron chi connectivity index (χ2n) is 5.58. The Balaban J connectivity index is 1.67. The third-order valence-electron chi connectivity index (χ3n) is 4.28. The Morgan fingerprint density at radius 3 is 2.58 bits per heavy atom. The molecule has 0 radical (unpaired) electrons. The largest absolute Gasteiger partial charge is 0.311 e. The van der Waals surface area contributed by atoms with E-state index in [0.717, 1.165) is 25.2 Å². The fraction of sp³-hybridized carbons (Fsp3) is 0.562. The quantitative estimate of drug-likeness (QED) is 0.831. The Hall–Kier alpha value is -1.35. The van der Waals surface area contributed by atoms with E-state index in [9.17, 15) is 4.79 Å². The number of aryl methyl sites for hydroxylation is 1. The molecule has 1 aromatic rings. The van der Waals surface area contributed by atoms with Gasteiger partial charge in [-0.2, -0.15) is 0 Å². The number of carbonyl (C=O) groups excluding carboxylic acids is 1. The summed E-state index contributed by atoms with van der Waals surface area (Å²) in [7, 11) is 0. The van der Waals surface area contributed by atoms with Crippen LogP contribution >= 0.6 is 0 Å². The van der Waals surface area contributed by atoms with Crippen LogP contribution in [0.2, 0.25) is 0 Å². The number of piperidine rings is 1. The van der Waals surface area contributed by atoms with Crippen molar-refractivity contribution in [3.8, 4) is 0 Å². The lowest BCUT2D eigenvalue weighted by atomic mass is 10.0. The highest BCUT2D eigenvalue weighted by atomic mass is 16.2. The molecule has 0 aliphatic carbocycles. The smallest absolute Gasteiger partial charge is 0.227 e. The molecule has 2 aliphatic rings. The second kappa shape index (κ2) is 5.74. The summed E-state index contributed by atoms with van der Waals surface area (Å²) >= 11 is 0. The van der Waals surface area contributed by atoms with Crippen LogP contribution in [-0.4, -0.2) is 37.0 Å². The topological polar surface area (TPSA) is 23.6 Å². The number of benzene rings is 1. The van der Waals surface area contributed by atoms with Crippen LogP contribution in [0.3, 0.4) is 0 Å². The number of carbonyl (C=O) groups is 1. The van der Waals surface area contributed by atoms with E-state index < -0.39 is 0 Å². The summed E-state index contributed by atoms with van der Waals surface area (Å²) < 4.78 is 0. The second-order valence-corrected chi connectivity index (χ2v) is 5.58. The van der Waals surface area contributed by atoms with Gasteiger partial charge in [0.2, 0.25) is 5.91 Å². The van der Waals surface area contributed by atoms with Crippen molar-refractivity contribution >= 4 is 11.6 Å². The van der Waals surface area contributed by atoms with Gasteiger partial charge < -0.3 is 9.80 Å². The van der Waals surface area contributed by atoms with E-state index in [1.807, 2.05) is 11.0 Å². The molecule has 2 aliphatic heterocycles. The lowest BCUT2D eigenvalue weighted by Crippen LogP contribution is -2.42. The maximum absolute atomic E-state index is 12.1. The van der Waals surface area contributed by atoms with Gasteiger partial charge in [-0.1, -0.05) is 24.6 Å². The van der Waals surface area contributed by atoms with Crippen LogP contribution in [0, 0.1) is 0 Å². The van der Waals surface area contributed by atoms with Crippen molar-refractivity contribution in [2.45, 2.75) is 32.1 Å². The zero-order valence-corrected chi connectivity index (χ0v) is 11.5. The molecule has 3 nitrogen and oxygen atoms in total. The first-order chi connectivity index (χ1) is 9.34. The number of amides is 1. The number of para-hydroxylation sites is 1. The Kier molecular flexibility index (Phi) is 3.83. The van der Waals surface area contributed by atoms with Crippen LogP contribution in [0.5, 0.6) is 0 Å². The minimum absolute atomic E-state index is 0.288. The molecule has 0 N–H and O–H groups in total. The Labute approximate surface area is 115 Å². The number of hydrogen-bond donors (Lipinski definition) is 0. The highest BCUT2D eigenvalue weighted by Crippen LogP contribution is 2.27. The molecule has 0 unspecified atom stereocenters.